The highest BCUT2D eigenvalue weighted by Crippen LogP contribution is 2.51. The van der Waals surface area contributed by atoms with Gasteiger partial charge < -0.3 is 9.45 Å². The first-order valence-corrected chi connectivity index (χ1v) is 20.2. The Balaban J connectivity index is 1.45. The van der Waals surface area contributed by atoms with Crippen LogP contribution in [0.4, 0.5) is 0 Å². The van der Waals surface area contributed by atoms with Crippen LogP contribution >= 0.6 is 11.6 Å². The molecule has 2 heterocycles. The molecule has 1 N–H and O–H groups in total. The van der Waals surface area contributed by atoms with Crippen molar-refractivity contribution in [1.82, 2.24) is 4.90 Å². The fourth-order valence-corrected chi connectivity index (χ4v) is 9.06. The summed E-state index contributed by atoms with van der Waals surface area (Å²) in [5.41, 5.74) is 8.67. The molecule has 0 radical (unpaired) electrons. The van der Waals surface area contributed by atoms with Gasteiger partial charge in [0.1, 0.15) is 6.54 Å². The van der Waals surface area contributed by atoms with E-state index in [1.165, 1.54) is 11.1 Å². The van der Waals surface area contributed by atoms with Gasteiger partial charge in [-0.2, -0.15) is 13.0 Å². The molecule has 0 unspecified atom stereocenters. The minimum Gasteiger partial charge on any atom is -0.748 e. The Bertz CT molecular complexity index is 1820. The van der Waals surface area contributed by atoms with Gasteiger partial charge in [-0.1, -0.05) is 49.8 Å². The third kappa shape index (κ3) is 7.88. The summed E-state index contributed by atoms with van der Waals surface area (Å²) in [7, 11) is -8.33. The molecule has 2 aliphatic heterocycles. The molecule has 8 nitrogen and oxygen atoms in total. The third-order valence-corrected chi connectivity index (χ3v) is 12.2. The Hall–Kier alpha value is -2.50. The van der Waals surface area contributed by atoms with Crippen molar-refractivity contribution < 1.29 is 30.5 Å². The van der Waals surface area contributed by atoms with Crippen LogP contribution in [0.25, 0.3) is 0 Å². The van der Waals surface area contributed by atoms with Gasteiger partial charge in [0.25, 0.3) is 10.1 Å². The Labute approximate surface area is 285 Å². The van der Waals surface area contributed by atoms with E-state index in [-0.39, 0.29) is 23.0 Å². The second-order valence-electron chi connectivity index (χ2n) is 14.1. The summed E-state index contributed by atoms with van der Waals surface area (Å²) in [5.74, 6) is -0.674. The van der Waals surface area contributed by atoms with E-state index < -0.39 is 26.0 Å². The SMILES string of the molecule is CC1(C)C2=C(C=CCC2)[N+](CCCS(=O)(=O)[O-])=C1/C=C/C1=C(Cl)C(=C/C=C2\N(CCCS(=O)(=O)O)C3=C(CCC=C3)C2(C)C)/CCC1. The Morgan fingerprint density at radius 2 is 1.62 bits per heavy atom. The van der Waals surface area contributed by atoms with Gasteiger partial charge in [-0.25, -0.2) is 8.42 Å². The first-order valence-electron chi connectivity index (χ1n) is 16.6. The molecule has 0 atom stereocenters. The van der Waals surface area contributed by atoms with Gasteiger partial charge in [0.15, 0.2) is 5.71 Å². The lowest BCUT2D eigenvalue weighted by Gasteiger charge is -2.29. The highest BCUT2D eigenvalue weighted by molar-refractivity contribution is 7.85. The van der Waals surface area contributed by atoms with E-state index in [2.05, 4.69) is 85.8 Å². The fourth-order valence-electron chi connectivity index (χ4n) is 7.77. The van der Waals surface area contributed by atoms with Gasteiger partial charge >= 0.3 is 0 Å². The van der Waals surface area contributed by atoms with Gasteiger partial charge in [-0.15, -0.1) is 0 Å². The van der Waals surface area contributed by atoms with E-state index in [4.69, 9.17) is 11.6 Å². The molecule has 11 heteroatoms. The first-order chi connectivity index (χ1) is 22.0. The lowest BCUT2D eigenvalue weighted by molar-refractivity contribution is -0.469. The summed E-state index contributed by atoms with van der Waals surface area (Å²) < 4.78 is 68.4. The molecule has 5 rings (SSSR count). The standard InChI is InChI=1S/C36H47ClN2O6S2/c1-35(2)28-14-5-7-16-30(28)38(22-10-24-46(40,41)42)32(35)20-18-26-12-9-13-27(34(26)37)19-21-33-36(3,4)29-15-6-8-17-31(29)39(33)23-11-25-47(43,44)45/h7-8,16-21H,5-6,9-15,22-25H2,1-4H3,(H-,40,41,42,43,44,45). The van der Waals surface area contributed by atoms with Gasteiger partial charge in [-0.05, 0) is 94.1 Å². The van der Waals surface area contributed by atoms with Crippen molar-refractivity contribution in [3.8, 4) is 0 Å². The zero-order chi connectivity index (χ0) is 34.2. The van der Waals surface area contributed by atoms with Crippen molar-refractivity contribution in [2.45, 2.75) is 85.5 Å². The molecule has 0 fully saturated rings. The van der Waals surface area contributed by atoms with Crippen molar-refractivity contribution in [3.05, 3.63) is 93.0 Å². The second-order valence-corrected chi connectivity index (χ2v) is 17.5. The smallest absolute Gasteiger partial charge is 0.264 e. The lowest BCUT2D eigenvalue weighted by Crippen LogP contribution is -2.27. The summed E-state index contributed by atoms with van der Waals surface area (Å²) >= 11 is 7.10. The van der Waals surface area contributed by atoms with Crippen LogP contribution in [-0.2, 0) is 20.2 Å². The summed E-state index contributed by atoms with van der Waals surface area (Å²) in [4.78, 5) is 2.20. The number of allylic oxidation sites excluding steroid dienone is 13. The van der Waals surface area contributed by atoms with Gasteiger partial charge in [0, 0.05) is 58.3 Å². The van der Waals surface area contributed by atoms with Crippen LogP contribution in [0.3, 0.4) is 0 Å². The van der Waals surface area contributed by atoms with E-state index >= 15 is 0 Å². The van der Waals surface area contributed by atoms with Crippen molar-refractivity contribution in [3.63, 3.8) is 0 Å². The van der Waals surface area contributed by atoms with Crippen molar-refractivity contribution >= 4 is 37.5 Å². The van der Waals surface area contributed by atoms with Crippen LogP contribution in [0.15, 0.2) is 93.0 Å². The first kappa shape index (κ1) is 35.8. The van der Waals surface area contributed by atoms with Crippen molar-refractivity contribution in [2.75, 3.05) is 24.6 Å². The molecule has 0 saturated carbocycles. The molecule has 0 aromatic carbocycles. The Morgan fingerprint density at radius 1 is 0.915 bits per heavy atom. The van der Waals surface area contributed by atoms with Gasteiger partial charge in [0.2, 0.25) is 5.70 Å². The van der Waals surface area contributed by atoms with Crippen LogP contribution in [0.1, 0.15) is 85.5 Å². The molecule has 0 aromatic heterocycles. The number of nitrogens with zero attached hydrogens (tertiary/aromatic N) is 2. The summed E-state index contributed by atoms with van der Waals surface area (Å²) in [6, 6.07) is 0. The average Bonchev–Trinajstić information content (AvgIpc) is 3.33. The maximum Gasteiger partial charge on any atom is 0.264 e. The van der Waals surface area contributed by atoms with Crippen molar-refractivity contribution in [1.29, 1.82) is 0 Å². The summed E-state index contributed by atoms with van der Waals surface area (Å²) in [6.45, 7) is 9.76. The van der Waals surface area contributed by atoms with Crippen LogP contribution in [0.5, 0.6) is 0 Å². The Morgan fingerprint density at radius 3 is 2.32 bits per heavy atom. The maximum absolute atomic E-state index is 11.5. The van der Waals surface area contributed by atoms with E-state index in [1.807, 2.05) is 0 Å². The molecule has 0 bridgehead atoms. The topological polar surface area (TPSA) is 118 Å². The zero-order valence-electron chi connectivity index (χ0n) is 27.9. The monoisotopic (exact) mass is 702 g/mol. The number of rotatable bonds is 11. The van der Waals surface area contributed by atoms with E-state index in [1.54, 1.807) is 0 Å². The predicted molar refractivity (Wildman–Crippen MR) is 187 cm³/mol. The highest BCUT2D eigenvalue weighted by atomic mass is 35.5. The molecular weight excluding hydrogens is 656 g/mol. The van der Waals surface area contributed by atoms with Crippen LogP contribution in [-0.4, -0.2) is 65.7 Å². The molecule has 0 amide bonds. The minimum absolute atomic E-state index is 0.233. The maximum atomic E-state index is 11.5. The molecule has 0 saturated heterocycles. The minimum atomic E-state index is -4.29. The second kappa shape index (κ2) is 13.8. The summed E-state index contributed by atoms with van der Waals surface area (Å²) in [6.07, 6.45) is 24.0. The zero-order valence-corrected chi connectivity index (χ0v) is 30.3. The largest absolute Gasteiger partial charge is 0.748 e. The third-order valence-electron chi connectivity index (χ3n) is 10.1. The van der Waals surface area contributed by atoms with Crippen LogP contribution in [0, 0.1) is 10.8 Å². The molecular formula is C36H47ClN2O6S2. The predicted octanol–water partition coefficient (Wildman–Crippen LogP) is 7.29. The highest BCUT2D eigenvalue weighted by Gasteiger charge is 2.46. The summed E-state index contributed by atoms with van der Waals surface area (Å²) in [5, 5.41) is 0.730. The number of halogens is 1. The van der Waals surface area contributed by atoms with E-state index in [9.17, 15) is 25.9 Å². The molecule has 0 aromatic rings. The fraction of sp³-hybridized carbons (Fsp3) is 0.528. The number of hydrogen-bond acceptors (Lipinski definition) is 6. The molecule has 256 valence electrons. The normalized spacial score (nSPS) is 24.5. The molecule has 0 spiro atoms. The molecule has 47 heavy (non-hydrogen) atoms. The quantitative estimate of drug-likeness (QED) is 0.178. The lowest BCUT2D eigenvalue weighted by atomic mass is 9.77. The van der Waals surface area contributed by atoms with Gasteiger partial charge in [0.05, 0.1) is 21.3 Å². The molecule has 5 aliphatic rings. The van der Waals surface area contributed by atoms with E-state index in [0.717, 1.165) is 83.9 Å². The Kier molecular flexibility index (Phi) is 10.5. The van der Waals surface area contributed by atoms with Gasteiger partial charge in [-0.3, -0.25) is 4.55 Å². The van der Waals surface area contributed by atoms with Crippen molar-refractivity contribution in [2.24, 2.45) is 10.8 Å². The van der Waals surface area contributed by atoms with E-state index in [0.29, 0.717) is 19.5 Å². The molecule has 3 aliphatic carbocycles. The average molecular weight is 703 g/mol. The van der Waals surface area contributed by atoms with Crippen LogP contribution < -0.4 is 0 Å². The number of hydrogen-bond donors (Lipinski definition) is 1. The van der Waals surface area contributed by atoms with Crippen LogP contribution in [0.2, 0.25) is 0 Å².